The van der Waals surface area contributed by atoms with Crippen LogP contribution in [0, 0.1) is 0 Å². The quantitative estimate of drug-likeness (QED) is 0.760. The van der Waals surface area contributed by atoms with E-state index in [1.165, 1.54) is 4.63 Å². The molecule has 0 spiro atoms. The summed E-state index contributed by atoms with van der Waals surface area (Å²) < 4.78 is 1.33. The highest BCUT2D eigenvalue weighted by Crippen LogP contribution is 2.15. The van der Waals surface area contributed by atoms with E-state index in [-0.39, 0.29) is 12.5 Å². The van der Waals surface area contributed by atoms with Crippen LogP contribution < -0.4 is 10.2 Å². The molecule has 0 atom stereocenters. The molecule has 3 rings (SSSR count). The van der Waals surface area contributed by atoms with E-state index in [1.807, 2.05) is 24.3 Å². The zero-order valence-electron chi connectivity index (χ0n) is 13.0. The first kappa shape index (κ1) is 14.9. The van der Waals surface area contributed by atoms with Crippen molar-refractivity contribution in [2.75, 3.05) is 23.8 Å². The molecule has 0 aliphatic rings. The minimum Gasteiger partial charge on any atom is -0.349 e. The van der Waals surface area contributed by atoms with Gasteiger partial charge in [0.2, 0.25) is 5.91 Å². The summed E-state index contributed by atoms with van der Waals surface area (Å²) in [6.45, 7) is 2.24. The Morgan fingerprint density at radius 1 is 1.26 bits per heavy atom. The topological polar surface area (TPSA) is 88.3 Å². The third-order valence-electron chi connectivity index (χ3n) is 3.50. The van der Waals surface area contributed by atoms with Crippen LogP contribution in [0.1, 0.15) is 12.5 Å². The molecule has 0 unspecified atom stereocenters. The van der Waals surface area contributed by atoms with Crippen molar-refractivity contribution in [1.29, 1.82) is 0 Å². The van der Waals surface area contributed by atoms with Gasteiger partial charge in [-0.25, -0.2) is 0 Å². The van der Waals surface area contributed by atoms with Crippen LogP contribution in [0.2, 0.25) is 0 Å². The lowest BCUT2D eigenvalue weighted by Gasteiger charge is -2.18. The van der Waals surface area contributed by atoms with Crippen molar-refractivity contribution < 1.29 is 4.79 Å². The zero-order valence-corrected chi connectivity index (χ0v) is 13.0. The number of tetrazole rings is 1. The molecule has 0 saturated heterocycles. The molecule has 0 radical (unpaired) electrons. The van der Waals surface area contributed by atoms with Gasteiger partial charge in [-0.2, -0.15) is 0 Å². The van der Waals surface area contributed by atoms with Gasteiger partial charge in [0, 0.05) is 12.7 Å². The number of nitrogens with one attached hydrogen (secondary N) is 1. The van der Waals surface area contributed by atoms with Gasteiger partial charge >= 0.3 is 0 Å². The summed E-state index contributed by atoms with van der Waals surface area (Å²) in [6, 6.07) is 11.3. The predicted molar refractivity (Wildman–Crippen MR) is 86.3 cm³/mol. The first-order chi connectivity index (χ1) is 11.2. The Kier molecular flexibility index (Phi) is 4.13. The molecule has 1 aromatic carbocycles. The Morgan fingerprint density at radius 2 is 2.09 bits per heavy atom. The van der Waals surface area contributed by atoms with Crippen LogP contribution >= 0.6 is 0 Å². The Hall–Kier alpha value is -3.03. The summed E-state index contributed by atoms with van der Waals surface area (Å²) in [6.07, 6.45) is 0.865. The lowest BCUT2D eigenvalue weighted by atomic mass is 10.1. The van der Waals surface area contributed by atoms with Crippen molar-refractivity contribution in [3.05, 3.63) is 42.0 Å². The summed E-state index contributed by atoms with van der Waals surface area (Å²) in [4.78, 5) is 14.0. The van der Waals surface area contributed by atoms with E-state index in [9.17, 15) is 4.79 Å². The number of aryl methyl sites for hydroxylation is 1. The fourth-order valence-electron chi connectivity index (χ4n) is 2.28. The van der Waals surface area contributed by atoms with Crippen molar-refractivity contribution in [3.63, 3.8) is 0 Å². The summed E-state index contributed by atoms with van der Waals surface area (Å²) in [5.74, 6) is 0.510. The molecule has 8 heteroatoms. The zero-order chi connectivity index (χ0) is 16.2. The minimum atomic E-state index is -0.105. The number of rotatable bonds is 5. The maximum absolute atomic E-state index is 12.3. The molecule has 0 aliphatic heterocycles. The van der Waals surface area contributed by atoms with E-state index >= 15 is 0 Å². The van der Waals surface area contributed by atoms with Crippen molar-refractivity contribution >= 4 is 23.1 Å². The van der Waals surface area contributed by atoms with Crippen LogP contribution in [0.4, 0.5) is 11.5 Å². The van der Waals surface area contributed by atoms with E-state index < -0.39 is 0 Å². The molecule has 0 bridgehead atoms. The molecular formula is C15H17N7O. The number of hydrogen-bond acceptors (Lipinski definition) is 6. The summed E-state index contributed by atoms with van der Waals surface area (Å²) in [7, 11) is 1.80. The highest BCUT2D eigenvalue weighted by molar-refractivity contribution is 5.94. The first-order valence-electron chi connectivity index (χ1n) is 7.31. The van der Waals surface area contributed by atoms with E-state index in [1.54, 1.807) is 24.1 Å². The Bertz CT molecular complexity index is 829. The monoisotopic (exact) mass is 311 g/mol. The van der Waals surface area contributed by atoms with Crippen LogP contribution in [0.25, 0.3) is 5.65 Å². The Balaban J connectivity index is 1.69. The first-order valence-corrected chi connectivity index (χ1v) is 7.31. The molecule has 2 aromatic heterocycles. The number of nitrogens with zero attached hydrogens (tertiary/aromatic N) is 6. The normalized spacial score (nSPS) is 10.7. The van der Waals surface area contributed by atoms with Crippen LogP contribution in [0.15, 0.2) is 36.4 Å². The average molecular weight is 311 g/mol. The molecule has 0 aliphatic carbocycles. The maximum atomic E-state index is 12.3. The highest BCUT2D eigenvalue weighted by atomic mass is 16.2. The van der Waals surface area contributed by atoms with Crippen LogP contribution in [0.5, 0.6) is 0 Å². The number of likely N-dealkylation sites (N-methyl/N-ethyl adjacent to an activating group) is 1. The summed E-state index contributed by atoms with van der Waals surface area (Å²) in [5.41, 5.74) is 2.51. The maximum Gasteiger partial charge on any atom is 0.243 e. The number of para-hydroxylation sites is 1. The van der Waals surface area contributed by atoms with Gasteiger partial charge in [0.25, 0.3) is 0 Å². The molecule has 1 amide bonds. The fraction of sp³-hybridized carbons (Fsp3) is 0.267. The van der Waals surface area contributed by atoms with Gasteiger partial charge < -0.3 is 10.2 Å². The molecule has 0 saturated carbocycles. The van der Waals surface area contributed by atoms with Crippen LogP contribution in [0.3, 0.4) is 0 Å². The third-order valence-corrected chi connectivity index (χ3v) is 3.50. The van der Waals surface area contributed by atoms with E-state index in [0.717, 1.165) is 17.7 Å². The number of benzene rings is 1. The van der Waals surface area contributed by atoms with Crippen molar-refractivity contribution in [1.82, 2.24) is 25.3 Å². The highest BCUT2D eigenvalue weighted by Gasteiger charge is 2.11. The number of carbonyl (C=O) groups excluding carboxylic acids is 1. The van der Waals surface area contributed by atoms with Gasteiger partial charge in [0.15, 0.2) is 11.5 Å². The summed E-state index contributed by atoms with van der Waals surface area (Å²) in [5, 5.41) is 18.3. The van der Waals surface area contributed by atoms with Gasteiger partial charge in [0.1, 0.15) is 0 Å². The average Bonchev–Trinajstić information content (AvgIpc) is 3.02. The van der Waals surface area contributed by atoms with Gasteiger partial charge in [-0.3, -0.25) is 4.79 Å². The Labute approximate surface area is 133 Å². The molecular weight excluding hydrogens is 294 g/mol. The standard InChI is InChI=1S/C15H17N7O/c1-3-11-6-4-5-7-12(11)16-15(23)10-21(2)14-9-8-13-17-19-20-22(13)18-14/h4-9H,3,10H2,1-2H3,(H,16,23). The van der Waals surface area contributed by atoms with E-state index in [4.69, 9.17) is 0 Å². The lowest BCUT2D eigenvalue weighted by Crippen LogP contribution is -2.31. The smallest absolute Gasteiger partial charge is 0.243 e. The second-order valence-electron chi connectivity index (χ2n) is 5.13. The number of anilines is 2. The molecule has 1 N–H and O–H groups in total. The number of hydrogen-bond donors (Lipinski definition) is 1. The molecule has 23 heavy (non-hydrogen) atoms. The predicted octanol–water partition coefficient (Wildman–Crippen LogP) is 1.16. The largest absolute Gasteiger partial charge is 0.349 e. The number of fused-ring (bicyclic) bond motifs is 1. The van der Waals surface area contributed by atoms with Gasteiger partial charge in [-0.1, -0.05) is 25.1 Å². The second kappa shape index (κ2) is 6.39. The molecule has 3 aromatic rings. The van der Waals surface area contributed by atoms with Gasteiger partial charge in [-0.05, 0) is 40.6 Å². The van der Waals surface area contributed by atoms with Gasteiger partial charge in [0.05, 0.1) is 6.54 Å². The number of aromatic nitrogens is 5. The lowest BCUT2D eigenvalue weighted by molar-refractivity contribution is -0.114. The SMILES string of the molecule is CCc1ccccc1NC(=O)CN(C)c1ccc2nnnn2n1. The third kappa shape index (κ3) is 3.25. The van der Waals surface area contributed by atoms with E-state index in [0.29, 0.717) is 11.5 Å². The minimum absolute atomic E-state index is 0.105. The second-order valence-corrected chi connectivity index (χ2v) is 5.13. The molecule has 0 fully saturated rings. The van der Waals surface area contributed by atoms with E-state index in [2.05, 4.69) is 32.9 Å². The number of carbonyl (C=O) groups is 1. The van der Waals surface area contributed by atoms with Crippen molar-refractivity contribution in [3.8, 4) is 0 Å². The molecule has 2 heterocycles. The summed E-state index contributed by atoms with van der Waals surface area (Å²) >= 11 is 0. The van der Waals surface area contributed by atoms with Crippen molar-refractivity contribution in [2.24, 2.45) is 0 Å². The van der Waals surface area contributed by atoms with Gasteiger partial charge in [-0.15, -0.1) is 14.8 Å². The Morgan fingerprint density at radius 3 is 2.91 bits per heavy atom. The van der Waals surface area contributed by atoms with Crippen molar-refractivity contribution in [2.45, 2.75) is 13.3 Å². The molecule has 118 valence electrons. The molecule has 8 nitrogen and oxygen atoms in total. The van der Waals surface area contributed by atoms with Crippen LogP contribution in [-0.2, 0) is 11.2 Å². The van der Waals surface area contributed by atoms with Crippen LogP contribution in [-0.4, -0.2) is 44.8 Å². The fourth-order valence-corrected chi connectivity index (χ4v) is 2.28. The number of amides is 1.